The van der Waals surface area contributed by atoms with E-state index in [9.17, 15) is 0 Å². The van der Waals surface area contributed by atoms with Crippen LogP contribution in [0.1, 0.15) is 44.1 Å². The molecule has 2 fully saturated rings. The lowest BCUT2D eigenvalue weighted by Gasteiger charge is -2.55. The third-order valence-electron chi connectivity index (χ3n) is 7.48. The lowest BCUT2D eigenvalue weighted by Crippen LogP contribution is -2.69. The SMILES string of the molecule is COc1ccc(/C=C\[B-]2(c3n(C)c(Cl)c(Cl)[n+]3C)C3CCCC2CCC3)cc1. The van der Waals surface area contributed by atoms with Crippen molar-refractivity contribution < 1.29 is 9.30 Å². The van der Waals surface area contributed by atoms with Crippen molar-refractivity contribution in [1.82, 2.24) is 4.57 Å². The summed E-state index contributed by atoms with van der Waals surface area (Å²) in [5.41, 5.74) is 2.51. The van der Waals surface area contributed by atoms with Crippen LogP contribution in [0.5, 0.6) is 5.75 Å². The van der Waals surface area contributed by atoms with E-state index in [4.69, 9.17) is 27.9 Å². The zero-order valence-electron chi connectivity index (χ0n) is 17.0. The molecule has 0 aliphatic carbocycles. The summed E-state index contributed by atoms with van der Waals surface area (Å²) in [6.07, 6.45) is 9.27. The van der Waals surface area contributed by atoms with E-state index < -0.39 is 6.15 Å². The highest BCUT2D eigenvalue weighted by Gasteiger charge is 2.50. The van der Waals surface area contributed by atoms with Crippen molar-refractivity contribution in [3.05, 3.63) is 46.1 Å². The normalized spacial score (nSPS) is 27.3. The fourth-order valence-corrected chi connectivity index (χ4v) is 6.67. The number of imidazole rings is 1. The average Bonchev–Trinajstić information content (AvgIpc) is 2.89. The summed E-state index contributed by atoms with van der Waals surface area (Å²) in [5.74, 6) is 4.79. The van der Waals surface area contributed by atoms with Gasteiger partial charge in [-0.25, -0.2) is 5.98 Å². The van der Waals surface area contributed by atoms with Crippen molar-refractivity contribution in [2.75, 3.05) is 7.11 Å². The molecule has 2 aliphatic rings. The summed E-state index contributed by atoms with van der Waals surface area (Å²) in [5, 5.41) is 1.28. The van der Waals surface area contributed by atoms with Gasteiger partial charge in [-0.3, -0.25) is 9.13 Å². The molecule has 2 saturated heterocycles. The van der Waals surface area contributed by atoms with Crippen LogP contribution in [0.2, 0.25) is 21.9 Å². The van der Waals surface area contributed by atoms with Gasteiger partial charge < -0.3 is 4.74 Å². The molecule has 0 radical (unpaired) electrons. The Balaban J connectivity index is 1.85. The van der Waals surface area contributed by atoms with Gasteiger partial charge >= 0.3 is 0 Å². The van der Waals surface area contributed by atoms with Gasteiger partial charge in [0.25, 0.3) is 10.3 Å². The summed E-state index contributed by atoms with van der Waals surface area (Å²) in [4.78, 5) is 0. The van der Waals surface area contributed by atoms with E-state index in [1.807, 2.05) is 12.1 Å². The summed E-state index contributed by atoms with van der Waals surface area (Å²) >= 11 is 13.1. The highest BCUT2D eigenvalue weighted by atomic mass is 35.5. The third kappa shape index (κ3) is 3.09. The summed E-state index contributed by atoms with van der Waals surface area (Å²) in [7, 11) is 5.84. The van der Waals surface area contributed by atoms with Crippen LogP contribution in [-0.4, -0.2) is 17.8 Å². The molecule has 2 bridgehead atoms. The number of benzene rings is 1. The van der Waals surface area contributed by atoms with Crippen molar-refractivity contribution >= 4 is 41.1 Å². The first-order valence-corrected chi connectivity index (χ1v) is 11.2. The van der Waals surface area contributed by atoms with Crippen molar-refractivity contribution in [2.45, 2.75) is 50.2 Å². The largest absolute Gasteiger partial charge is 0.497 e. The number of hydrogen-bond donors (Lipinski definition) is 0. The number of aromatic nitrogens is 2. The second kappa shape index (κ2) is 7.80. The standard InChI is InChI=1S/C22H29BCl2N2O/c1-26-20(24)21(25)27(2)22(26)23(17-6-4-7-18(23)9-5-8-17)15-14-16-10-12-19(28-3)13-11-16/h10-15,17-18H,4-9H2,1-3H3/b15-14-. The first-order valence-electron chi connectivity index (χ1n) is 10.4. The molecular formula is C22H29BCl2N2O. The van der Waals surface area contributed by atoms with Gasteiger partial charge in [0.1, 0.15) is 11.9 Å². The van der Waals surface area contributed by atoms with Crippen LogP contribution in [0.3, 0.4) is 0 Å². The first kappa shape index (κ1) is 19.9. The summed E-state index contributed by atoms with van der Waals surface area (Å²) in [6.45, 7) is 0. The van der Waals surface area contributed by atoms with E-state index in [0.717, 1.165) is 5.75 Å². The maximum atomic E-state index is 6.57. The van der Waals surface area contributed by atoms with Crippen LogP contribution in [0.15, 0.2) is 30.2 Å². The van der Waals surface area contributed by atoms with Crippen LogP contribution in [0, 0.1) is 0 Å². The zero-order chi connectivity index (χ0) is 19.9. The highest BCUT2D eigenvalue weighted by molar-refractivity contribution is 6.97. The molecule has 3 heterocycles. The monoisotopic (exact) mass is 418 g/mol. The van der Waals surface area contributed by atoms with Crippen LogP contribution in [0.25, 0.3) is 6.08 Å². The van der Waals surface area contributed by atoms with E-state index in [1.165, 1.54) is 49.8 Å². The van der Waals surface area contributed by atoms with Gasteiger partial charge in [0.05, 0.1) is 26.9 Å². The van der Waals surface area contributed by atoms with Crippen LogP contribution in [0.4, 0.5) is 0 Å². The third-order valence-corrected chi connectivity index (χ3v) is 8.44. The van der Waals surface area contributed by atoms with Crippen molar-refractivity contribution in [2.24, 2.45) is 14.1 Å². The molecule has 1 aromatic carbocycles. The molecule has 3 nitrogen and oxygen atoms in total. The molecule has 0 unspecified atom stereocenters. The van der Waals surface area contributed by atoms with Crippen molar-refractivity contribution in [1.29, 1.82) is 0 Å². The first-order chi connectivity index (χ1) is 13.5. The van der Waals surface area contributed by atoms with Gasteiger partial charge in [-0.05, 0) is 40.9 Å². The Labute approximate surface area is 178 Å². The van der Waals surface area contributed by atoms with Gasteiger partial charge in [0.2, 0.25) is 0 Å². The molecule has 28 heavy (non-hydrogen) atoms. The zero-order valence-corrected chi connectivity index (χ0v) is 18.5. The van der Waals surface area contributed by atoms with Gasteiger partial charge in [0.15, 0.2) is 0 Å². The molecule has 0 amide bonds. The van der Waals surface area contributed by atoms with E-state index >= 15 is 0 Å². The fraction of sp³-hybridized carbons (Fsp3) is 0.500. The van der Waals surface area contributed by atoms with Crippen LogP contribution < -0.4 is 15.0 Å². The number of ether oxygens (including phenoxy) is 1. The molecule has 4 rings (SSSR count). The lowest BCUT2D eigenvalue weighted by molar-refractivity contribution is -0.651. The Morgan fingerprint density at radius 3 is 2.11 bits per heavy atom. The minimum Gasteiger partial charge on any atom is -0.497 e. The van der Waals surface area contributed by atoms with E-state index in [-0.39, 0.29) is 0 Å². The Morgan fingerprint density at radius 2 is 1.64 bits per heavy atom. The second-order valence-corrected chi connectivity index (χ2v) is 9.37. The van der Waals surface area contributed by atoms with Crippen LogP contribution >= 0.6 is 23.2 Å². The van der Waals surface area contributed by atoms with Crippen molar-refractivity contribution in [3.8, 4) is 5.75 Å². The average molecular weight is 419 g/mol. The molecule has 1 aromatic heterocycles. The number of nitrogens with zero attached hydrogens (tertiary/aromatic N) is 2. The van der Waals surface area contributed by atoms with Gasteiger partial charge in [0, 0.05) is 0 Å². The Kier molecular flexibility index (Phi) is 5.54. The summed E-state index contributed by atoms with van der Waals surface area (Å²) in [6, 6.07) is 8.31. The number of rotatable bonds is 4. The number of hydrogen-bond acceptors (Lipinski definition) is 1. The molecule has 2 aliphatic heterocycles. The fourth-order valence-electron chi connectivity index (χ4n) is 6.24. The number of halogens is 2. The molecular weight excluding hydrogens is 390 g/mol. The van der Waals surface area contributed by atoms with Crippen molar-refractivity contribution in [3.63, 3.8) is 0 Å². The van der Waals surface area contributed by atoms with E-state index in [1.54, 1.807) is 7.11 Å². The maximum Gasteiger partial charge on any atom is 0.252 e. The lowest BCUT2D eigenvalue weighted by atomic mass is 9.08. The molecule has 0 atom stereocenters. The molecule has 150 valence electrons. The molecule has 0 saturated carbocycles. The maximum absolute atomic E-state index is 6.57. The predicted octanol–water partition coefficient (Wildman–Crippen LogP) is 5.18. The van der Waals surface area contributed by atoms with E-state index in [0.29, 0.717) is 21.9 Å². The minimum absolute atomic E-state index is 0.641. The minimum atomic E-state index is -0.901. The second-order valence-electron chi connectivity index (χ2n) is 8.65. The highest BCUT2D eigenvalue weighted by Crippen LogP contribution is 2.53. The smallest absolute Gasteiger partial charge is 0.252 e. The van der Waals surface area contributed by atoms with E-state index in [2.05, 4.69) is 47.4 Å². The van der Waals surface area contributed by atoms with Gasteiger partial charge in [-0.15, -0.1) is 0 Å². The topological polar surface area (TPSA) is 18.0 Å². The van der Waals surface area contributed by atoms with Gasteiger partial charge in [-0.1, -0.05) is 56.7 Å². The molecule has 0 spiro atoms. The Hall–Kier alpha value is -1.39. The summed E-state index contributed by atoms with van der Waals surface area (Å²) < 4.78 is 9.58. The quantitative estimate of drug-likeness (QED) is 0.494. The predicted molar refractivity (Wildman–Crippen MR) is 119 cm³/mol. The number of fused-ring (bicyclic) bond motifs is 2. The Bertz CT molecular complexity index is 843. The Morgan fingerprint density at radius 1 is 1.07 bits per heavy atom. The molecule has 2 aromatic rings. The van der Waals surface area contributed by atoms with Crippen LogP contribution in [-0.2, 0) is 14.1 Å². The molecule has 0 N–H and O–H groups in total. The molecule has 6 heteroatoms. The van der Waals surface area contributed by atoms with Gasteiger partial charge in [-0.2, -0.15) is 11.6 Å². The number of methoxy groups -OCH3 is 1.